The molecule has 2 nitrogen and oxygen atoms in total. The molecule has 0 aliphatic heterocycles. The van der Waals surface area contributed by atoms with Crippen LogP contribution < -0.4 is 5.73 Å². The molecule has 1 aromatic carbocycles. The van der Waals surface area contributed by atoms with Gasteiger partial charge < -0.3 is 5.73 Å². The highest BCUT2D eigenvalue weighted by Gasteiger charge is 2.12. The summed E-state index contributed by atoms with van der Waals surface area (Å²) < 4.78 is 0. The number of aryl methyl sites for hydroxylation is 1. The summed E-state index contributed by atoms with van der Waals surface area (Å²) in [5.41, 5.74) is 8.58. The second-order valence-corrected chi connectivity index (χ2v) is 5.77. The smallest absolute Gasteiger partial charge is 0.114 e. The molecule has 0 aliphatic carbocycles. The van der Waals surface area contributed by atoms with E-state index in [1.54, 1.807) is 11.3 Å². The summed E-state index contributed by atoms with van der Waals surface area (Å²) in [6.07, 6.45) is 6.21. The van der Waals surface area contributed by atoms with Crippen LogP contribution in [0.5, 0.6) is 0 Å². The maximum absolute atomic E-state index is 6.25. The Kier molecular flexibility index (Phi) is 5.55. The van der Waals surface area contributed by atoms with E-state index in [1.165, 1.54) is 31.4 Å². The lowest BCUT2D eigenvalue weighted by molar-refractivity contribution is 0.660. The van der Waals surface area contributed by atoms with Gasteiger partial charge in [0, 0.05) is 5.38 Å². The predicted molar refractivity (Wildman–Crippen MR) is 82.4 cm³/mol. The molecule has 0 amide bonds. The van der Waals surface area contributed by atoms with Crippen molar-refractivity contribution in [2.75, 3.05) is 0 Å². The fourth-order valence-corrected chi connectivity index (χ4v) is 3.00. The second kappa shape index (κ2) is 7.41. The standard InChI is InChI=1S/C16H22N2S/c1-2-3-4-8-11-14-12-19-16(18-14)15(17)13-9-6-5-7-10-13/h5-7,9-10,12,15H,2-4,8,11,17H2,1H3. The Labute approximate surface area is 119 Å². The van der Waals surface area contributed by atoms with E-state index < -0.39 is 0 Å². The summed E-state index contributed by atoms with van der Waals surface area (Å²) in [6.45, 7) is 2.24. The summed E-state index contributed by atoms with van der Waals surface area (Å²) in [6, 6.07) is 10.1. The first-order chi connectivity index (χ1) is 9.31. The summed E-state index contributed by atoms with van der Waals surface area (Å²) in [5, 5.41) is 3.18. The van der Waals surface area contributed by atoms with Crippen molar-refractivity contribution < 1.29 is 0 Å². The summed E-state index contributed by atoms with van der Waals surface area (Å²) >= 11 is 1.68. The minimum absolute atomic E-state index is 0.0874. The Morgan fingerprint density at radius 2 is 1.95 bits per heavy atom. The lowest BCUT2D eigenvalue weighted by Crippen LogP contribution is -2.11. The largest absolute Gasteiger partial charge is 0.318 e. The fraction of sp³-hybridized carbons (Fsp3) is 0.438. The highest BCUT2D eigenvalue weighted by atomic mass is 32.1. The van der Waals surface area contributed by atoms with Crippen LogP contribution in [-0.2, 0) is 6.42 Å². The van der Waals surface area contributed by atoms with Gasteiger partial charge in [-0.15, -0.1) is 11.3 Å². The maximum Gasteiger partial charge on any atom is 0.114 e. The summed E-state index contributed by atoms with van der Waals surface area (Å²) in [5.74, 6) is 0. The molecule has 0 radical (unpaired) electrons. The van der Waals surface area contributed by atoms with Gasteiger partial charge in [-0.2, -0.15) is 0 Å². The molecule has 0 saturated heterocycles. The van der Waals surface area contributed by atoms with E-state index in [0.29, 0.717) is 0 Å². The highest BCUT2D eigenvalue weighted by molar-refractivity contribution is 7.09. The molecule has 1 unspecified atom stereocenters. The Balaban J connectivity index is 1.93. The van der Waals surface area contributed by atoms with E-state index in [9.17, 15) is 0 Å². The van der Waals surface area contributed by atoms with Crippen LogP contribution >= 0.6 is 11.3 Å². The van der Waals surface area contributed by atoms with Crippen LogP contribution in [0.1, 0.15) is 54.9 Å². The maximum atomic E-state index is 6.25. The van der Waals surface area contributed by atoms with Crippen molar-refractivity contribution >= 4 is 11.3 Å². The van der Waals surface area contributed by atoms with Gasteiger partial charge in [0.05, 0.1) is 11.7 Å². The quantitative estimate of drug-likeness (QED) is 0.764. The Hall–Kier alpha value is -1.19. The third-order valence-electron chi connectivity index (χ3n) is 3.28. The molecule has 102 valence electrons. The molecule has 0 aliphatic rings. The van der Waals surface area contributed by atoms with Gasteiger partial charge in [0.15, 0.2) is 0 Å². The topological polar surface area (TPSA) is 38.9 Å². The second-order valence-electron chi connectivity index (χ2n) is 4.88. The van der Waals surface area contributed by atoms with Gasteiger partial charge in [0.2, 0.25) is 0 Å². The van der Waals surface area contributed by atoms with Crippen LogP contribution in [-0.4, -0.2) is 4.98 Å². The molecule has 2 aromatic rings. The molecule has 2 rings (SSSR count). The number of rotatable bonds is 7. The van der Waals surface area contributed by atoms with Gasteiger partial charge in [0.1, 0.15) is 5.01 Å². The van der Waals surface area contributed by atoms with Gasteiger partial charge in [-0.3, -0.25) is 0 Å². The number of thiazole rings is 1. The average molecular weight is 274 g/mol. The van der Waals surface area contributed by atoms with Gasteiger partial charge in [0.25, 0.3) is 0 Å². The zero-order valence-electron chi connectivity index (χ0n) is 11.5. The monoisotopic (exact) mass is 274 g/mol. The van der Waals surface area contributed by atoms with Crippen molar-refractivity contribution in [1.82, 2.24) is 4.98 Å². The minimum Gasteiger partial charge on any atom is -0.318 e. The molecule has 0 fully saturated rings. The van der Waals surface area contributed by atoms with Gasteiger partial charge in [-0.25, -0.2) is 4.98 Å². The first-order valence-corrected chi connectivity index (χ1v) is 7.94. The first kappa shape index (κ1) is 14.2. The van der Waals surface area contributed by atoms with Crippen LogP contribution in [0.2, 0.25) is 0 Å². The Morgan fingerprint density at radius 1 is 1.16 bits per heavy atom. The zero-order valence-corrected chi connectivity index (χ0v) is 12.3. The Morgan fingerprint density at radius 3 is 2.68 bits per heavy atom. The van der Waals surface area contributed by atoms with Crippen LogP contribution in [0.15, 0.2) is 35.7 Å². The molecule has 1 heterocycles. The lowest BCUT2D eigenvalue weighted by atomic mass is 10.1. The molecule has 0 spiro atoms. The molecule has 0 bridgehead atoms. The third-order valence-corrected chi connectivity index (χ3v) is 4.26. The SMILES string of the molecule is CCCCCCc1csc(C(N)c2ccccc2)n1. The number of aromatic nitrogens is 1. The van der Waals surface area contributed by atoms with Crippen molar-refractivity contribution in [3.05, 3.63) is 52.0 Å². The summed E-state index contributed by atoms with van der Waals surface area (Å²) in [4.78, 5) is 4.68. The van der Waals surface area contributed by atoms with Crippen molar-refractivity contribution in [3.8, 4) is 0 Å². The number of nitrogens with two attached hydrogens (primary N) is 1. The zero-order chi connectivity index (χ0) is 13.5. The highest BCUT2D eigenvalue weighted by Crippen LogP contribution is 2.23. The molecule has 2 N–H and O–H groups in total. The fourth-order valence-electron chi connectivity index (χ4n) is 2.12. The molecule has 19 heavy (non-hydrogen) atoms. The van der Waals surface area contributed by atoms with E-state index in [1.807, 2.05) is 18.2 Å². The predicted octanol–water partition coefficient (Wildman–Crippen LogP) is 4.31. The van der Waals surface area contributed by atoms with Crippen molar-refractivity contribution in [1.29, 1.82) is 0 Å². The van der Waals surface area contributed by atoms with Crippen molar-refractivity contribution in [3.63, 3.8) is 0 Å². The van der Waals surface area contributed by atoms with Crippen LogP contribution in [0.3, 0.4) is 0 Å². The van der Waals surface area contributed by atoms with E-state index in [2.05, 4.69) is 29.4 Å². The molecular weight excluding hydrogens is 252 g/mol. The van der Waals surface area contributed by atoms with E-state index in [4.69, 9.17) is 5.73 Å². The molecule has 1 atom stereocenters. The van der Waals surface area contributed by atoms with E-state index in [0.717, 1.165) is 17.0 Å². The molecule has 1 aromatic heterocycles. The molecular formula is C16H22N2S. The van der Waals surface area contributed by atoms with E-state index >= 15 is 0 Å². The minimum atomic E-state index is -0.0874. The number of nitrogens with zero attached hydrogens (tertiary/aromatic N) is 1. The van der Waals surface area contributed by atoms with Crippen LogP contribution in [0.4, 0.5) is 0 Å². The Bertz CT molecular complexity index is 479. The van der Waals surface area contributed by atoms with Gasteiger partial charge in [-0.1, -0.05) is 56.5 Å². The molecule has 0 saturated carbocycles. The average Bonchev–Trinajstić information content (AvgIpc) is 2.92. The third kappa shape index (κ3) is 4.15. The first-order valence-electron chi connectivity index (χ1n) is 7.06. The van der Waals surface area contributed by atoms with Crippen LogP contribution in [0, 0.1) is 0 Å². The van der Waals surface area contributed by atoms with Gasteiger partial charge >= 0.3 is 0 Å². The molecule has 3 heteroatoms. The normalized spacial score (nSPS) is 12.5. The van der Waals surface area contributed by atoms with Gasteiger partial charge in [-0.05, 0) is 18.4 Å². The lowest BCUT2D eigenvalue weighted by Gasteiger charge is -2.08. The van der Waals surface area contributed by atoms with Crippen LogP contribution in [0.25, 0.3) is 0 Å². The number of hydrogen-bond donors (Lipinski definition) is 1. The number of hydrogen-bond acceptors (Lipinski definition) is 3. The van der Waals surface area contributed by atoms with E-state index in [-0.39, 0.29) is 6.04 Å². The summed E-state index contributed by atoms with van der Waals surface area (Å²) in [7, 11) is 0. The number of benzene rings is 1. The van der Waals surface area contributed by atoms with Crippen molar-refractivity contribution in [2.24, 2.45) is 5.73 Å². The number of unbranched alkanes of at least 4 members (excludes halogenated alkanes) is 3. The van der Waals surface area contributed by atoms with Crippen molar-refractivity contribution in [2.45, 2.75) is 45.1 Å².